The molecular formula is C25H44N4O2Os2P-3. The standard InChI is InChI=1S/C14H24N2P.C9H12N2.CH4O.CHO.2Os.2H/c1-12(2)17(13(3)4)10-9-15-11-14-7-5-6-8-16-14;1-2-6-10-8-9-5-3-4-7-11-9;2*1-2;;;;/h5-8,12-13H,9-11H2,1-4H3;3-5,7H,1-2,6,8H2;2H,1H3;1H;;;;/q-1;-2;;-1;;;;/p+1. The predicted octanol–water partition coefficient (Wildman–Crippen LogP) is 4.96. The molecule has 34 heavy (non-hydrogen) atoms. The van der Waals surface area contributed by atoms with Crippen LogP contribution in [-0.4, -0.2) is 59.5 Å². The number of nitrogens with zero attached hydrogens (tertiary/aromatic N) is 4. The summed E-state index contributed by atoms with van der Waals surface area (Å²) in [5.41, 5.74) is 3.81. The van der Waals surface area contributed by atoms with Crippen molar-refractivity contribution < 1.29 is 49.5 Å². The third kappa shape index (κ3) is 23.3. The normalized spacial score (nSPS) is 9.35. The van der Waals surface area contributed by atoms with E-state index >= 15 is 0 Å². The maximum absolute atomic E-state index is 7.75. The van der Waals surface area contributed by atoms with E-state index in [1.807, 2.05) is 42.6 Å². The molecule has 0 bridgehead atoms. The Hall–Kier alpha value is -0.447. The van der Waals surface area contributed by atoms with E-state index in [0.717, 1.165) is 62.4 Å². The van der Waals surface area contributed by atoms with Crippen LogP contribution < -0.4 is 0 Å². The molecule has 0 amide bonds. The van der Waals surface area contributed by atoms with Crippen LogP contribution in [0, 0.1) is 6.92 Å². The Labute approximate surface area is 235 Å². The van der Waals surface area contributed by atoms with Gasteiger partial charge in [0.2, 0.25) is 0 Å². The molecule has 2 aromatic heterocycles. The van der Waals surface area contributed by atoms with E-state index in [1.54, 1.807) is 6.20 Å². The van der Waals surface area contributed by atoms with E-state index in [9.17, 15) is 0 Å². The van der Waals surface area contributed by atoms with Crippen molar-refractivity contribution in [3.05, 3.63) is 77.7 Å². The van der Waals surface area contributed by atoms with Crippen molar-refractivity contribution in [3.8, 4) is 0 Å². The summed E-state index contributed by atoms with van der Waals surface area (Å²) in [5.74, 6) is 0. The summed E-state index contributed by atoms with van der Waals surface area (Å²) < 4.78 is 0. The van der Waals surface area contributed by atoms with E-state index in [-0.39, 0.29) is 47.5 Å². The van der Waals surface area contributed by atoms with Gasteiger partial charge in [0, 0.05) is 45.0 Å². The number of carbonyl (C=O) groups excluding carboxylic acids is 1. The van der Waals surface area contributed by atoms with Crippen LogP contribution in [0.25, 0.3) is 10.6 Å². The second-order valence-electron chi connectivity index (χ2n) is 7.34. The predicted molar refractivity (Wildman–Crippen MR) is 143 cm³/mol. The van der Waals surface area contributed by atoms with Gasteiger partial charge in [0.15, 0.2) is 0 Å². The molecule has 0 fully saturated rings. The summed E-state index contributed by atoms with van der Waals surface area (Å²) in [5, 5.41) is 15.8. The molecule has 1 N–H and O–H groups in total. The van der Waals surface area contributed by atoms with E-state index in [1.165, 1.54) is 6.16 Å². The average Bonchev–Trinajstić information content (AvgIpc) is 2.83. The first-order valence-corrected chi connectivity index (χ1v) is 12.8. The minimum atomic E-state index is -0.247. The number of aliphatic hydroxyl groups excluding tert-OH is 1. The third-order valence-electron chi connectivity index (χ3n) is 4.36. The number of hydrogen-bond donors (Lipinski definition) is 1. The molecule has 0 spiro atoms. The Bertz CT molecular complexity index is 619. The van der Waals surface area contributed by atoms with Crippen molar-refractivity contribution in [2.75, 3.05) is 26.4 Å². The van der Waals surface area contributed by atoms with Gasteiger partial charge in [-0.3, -0.25) is 16.8 Å². The first kappa shape index (κ1) is 40.7. The van der Waals surface area contributed by atoms with E-state index < -0.39 is 0 Å². The minimum absolute atomic E-state index is 0. The van der Waals surface area contributed by atoms with Gasteiger partial charge in [-0.2, -0.15) is 6.54 Å². The van der Waals surface area contributed by atoms with Crippen molar-refractivity contribution in [2.45, 2.75) is 58.5 Å². The molecule has 0 saturated heterocycles. The van der Waals surface area contributed by atoms with Crippen molar-refractivity contribution in [1.82, 2.24) is 9.97 Å². The van der Waals surface area contributed by atoms with Crippen molar-refractivity contribution in [1.29, 1.82) is 0 Å². The van der Waals surface area contributed by atoms with Gasteiger partial charge in [-0.15, -0.1) is 19.6 Å². The van der Waals surface area contributed by atoms with Gasteiger partial charge in [0.1, 0.15) is 0 Å². The van der Waals surface area contributed by atoms with Crippen molar-refractivity contribution >= 4 is 14.7 Å². The Kier molecular flexibility index (Phi) is 36.6. The third-order valence-corrected chi connectivity index (χ3v) is 8.13. The monoisotopic (exact) mass is 847 g/mol. The second kappa shape index (κ2) is 30.6. The topological polar surface area (TPSA) is 91.3 Å². The van der Waals surface area contributed by atoms with Crippen LogP contribution in [0.3, 0.4) is 0 Å². The van der Waals surface area contributed by atoms with Crippen LogP contribution in [0.1, 0.15) is 45.5 Å². The van der Waals surface area contributed by atoms with Gasteiger partial charge < -0.3 is 27.5 Å². The molecule has 0 aliphatic carbocycles. The fourth-order valence-corrected chi connectivity index (χ4v) is 5.84. The zero-order valence-electron chi connectivity index (χ0n) is 21.2. The molecule has 0 unspecified atom stereocenters. The summed E-state index contributed by atoms with van der Waals surface area (Å²) in [6.07, 6.45) is 5.79. The summed E-state index contributed by atoms with van der Waals surface area (Å²) in [6.45, 7) is 19.7. The number of rotatable bonds is 11. The molecule has 9 heteroatoms. The molecule has 2 rings (SSSR count). The van der Waals surface area contributed by atoms with Crippen molar-refractivity contribution in [2.24, 2.45) is 0 Å². The molecule has 6 nitrogen and oxygen atoms in total. The van der Waals surface area contributed by atoms with Crippen LogP contribution in [-0.2, 0) is 57.5 Å². The van der Waals surface area contributed by atoms with Gasteiger partial charge in [0.05, 0.1) is 11.3 Å². The number of hydrogen-bond acceptors (Lipinski definition) is 4. The average molecular weight is 844 g/mol. The summed E-state index contributed by atoms with van der Waals surface area (Å²) in [4.78, 5) is 16.2. The van der Waals surface area contributed by atoms with Crippen LogP contribution >= 0.6 is 7.92 Å². The number of aliphatic hydroxyl groups is 1. The van der Waals surface area contributed by atoms with E-state index in [4.69, 9.17) is 9.90 Å². The van der Waals surface area contributed by atoms with Gasteiger partial charge in [-0.25, -0.2) is 6.42 Å². The summed E-state index contributed by atoms with van der Waals surface area (Å²) >= 11 is 0. The fourth-order valence-electron chi connectivity index (χ4n) is 2.93. The molecular weight excluding hydrogens is 800 g/mol. The van der Waals surface area contributed by atoms with Crippen LogP contribution in [0.2, 0.25) is 0 Å². The number of aromatic nitrogens is 2. The fraction of sp³-hybridized carbons (Fsp3) is 0.520. The van der Waals surface area contributed by atoms with Gasteiger partial charge in [0.25, 0.3) is 0 Å². The van der Waals surface area contributed by atoms with Gasteiger partial charge in [-0.1, -0.05) is 12.1 Å². The molecule has 0 aliphatic rings. The Balaban J connectivity index is -0.000000231. The molecule has 200 valence electrons. The first-order chi connectivity index (χ1) is 15.5. The molecule has 0 aliphatic heterocycles. The van der Waals surface area contributed by atoms with E-state index in [2.05, 4.69) is 62.0 Å². The second-order valence-corrected chi connectivity index (χ2v) is 11.3. The molecule has 2 heterocycles. The Morgan fingerprint density at radius 3 is 1.59 bits per heavy atom. The maximum atomic E-state index is 7.75. The molecule has 0 atom stereocenters. The first-order valence-electron chi connectivity index (χ1n) is 10.9. The molecule has 2 aromatic rings. The van der Waals surface area contributed by atoms with E-state index in [0.29, 0.717) is 0 Å². The molecule has 0 radical (unpaired) electrons. The Morgan fingerprint density at radius 1 is 0.853 bits per heavy atom. The molecule has 0 saturated carbocycles. The zero-order valence-corrected chi connectivity index (χ0v) is 27.6. The zero-order chi connectivity index (χ0) is 24.6. The summed E-state index contributed by atoms with van der Waals surface area (Å²) in [6, 6.07) is 11.9. The SMILES string of the molecule is CC(C)[PH+](CC[N-]Cc1ccccn1)C(C)C.CO.[CH-]=O.[CH2-]CC[N-]Cc1ccccn1.[OsH].[OsH]. The van der Waals surface area contributed by atoms with Crippen LogP contribution in [0.4, 0.5) is 0 Å². The van der Waals surface area contributed by atoms with Crippen LogP contribution in [0.5, 0.6) is 0 Å². The van der Waals surface area contributed by atoms with Gasteiger partial charge in [-0.05, 0) is 52.0 Å². The molecule has 0 aromatic carbocycles. The van der Waals surface area contributed by atoms with Gasteiger partial charge >= 0.3 is 39.6 Å². The summed E-state index contributed by atoms with van der Waals surface area (Å²) in [7, 11) is 0.753. The van der Waals surface area contributed by atoms with Crippen molar-refractivity contribution in [3.63, 3.8) is 0 Å². The number of pyridine rings is 2. The van der Waals surface area contributed by atoms with Crippen LogP contribution in [0.15, 0.2) is 48.8 Å². The Morgan fingerprint density at radius 2 is 1.26 bits per heavy atom. The quantitative estimate of drug-likeness (QED) is 0.150.